The Morgan fingerprint density at radius 1 is 1.02 bits per heavy atom. The number of benzene rings is 4. The van der Waals surface area contributed by atoms with Crippen molar-refractivity contribution in [3.63, 3.8) is 0 Å². The average molecular weight is 611 g/mol. The van der Waals surface area contributed by atoms with E-state index in [1.54, 1.807) is 30.3 Å². The number of carbonyl (C=O) groups excluding carboxylic acids is 1. The smallest absolute Gasteiger partial charge is 0.272 e. The molecule has 204 valence electrons. The summed E-state index contributed by atoms with van der Waals surface area (Å²) in [6, 6.07) is 28.5. The first-order valence-electron chi connectivity index (χ1n) is 12.4. The SMILES string of the molecule is COc1cc(Br)cc(/C=N\NC(=O)c2cc(-c3ccccc3)nc3ccccc23)c1OCc1ccc([N+](=O)[O-])cc1. The van der Waals surface area contributed by atoms with E-state index in [1.807, 2.05) is 54.6 Å². The quantitative estimate of drug-likeness (QED) is 0.110. The summed E-state index contributed by atoms with van der Waals surface area (Å²) in [4.78, 5) is 28.5. The van der Waals surface area contributed by atoms with E-state index in [2.05, 4.69) is 26.5 Å². The number of pyridine rings is 1. The van der Waals surface area contributed by atoms with Crippen LogP contribution in [0.1, 0.15) is 21.5 Å². The fraction of sp³-hybridized carbons (Fsp3) is 0.0645. The summed E-state index contributed by atoms with van der Waals surface area (Å²) in [7, 11) is 1.52. The summed E-state index contributed by atoms with van der Waals surface area (Å²) >= 11 is 3.47. The lowest BCUT2D eigenvalue weighted by Crippen LogP contribution is -2.18. The van der Waals surface area contributed by atoms with Crippen molar-refractivity contribution in [3.8, 4) is 22.8 Å². The minimum Gasteiger partial charge on any atom is -0.493 e. The van der Waals surface area contributed by atoms with Crippen LogP contribution in [0, 0.1) is 10.1 Å². The summed E-state index contributed by atoms with van der Waals surface area (Å²) in [5, 5.41) is 15.9. The molecule has 0 aliphatic heterocycles. The molecule has 10 heteroatoms. The fourth-order valence-electron chi connectivity index (χ4n) is 4.20. The number of methoxy groups -OCH3 is 1. The zero-order chi connectivity index (χ0) is 28.8. The first-order valence-corrected chi connectivity index (χ1v) is 13.2. The van der Waals surface area contributed by atoms with E-state index in [1.165, 1.54) is 25.5 Å². The van der Waals surface area contributed by atoms with E-state index < -0.39 is 10.8 Å². The number of nitrogens with one attached hydrogen (secondary N) is 1. The summed E-state index contributed by atoms with van der Waals surface area (Å²) in [5.74, 6) is 0.446. The number of hydrazone groups is 1. The zero-order valence-electron chi connectivity index (χ0n) is 21.8. The van der Waals surface area contributed by atoms with Crippen LogP contribution >= 0.6 is 15.9 Å². The minimum absolute atomic E-state index is 0.00333. The Morgan fingerprint density at radius 3 is 2.49 bits per heavy atom. The molecule has 0 fully saturated rings. The van der Waals surface area contributed by atoms with Gasteiger partial charge in [-0.25, -0.2) is 10.4 Å². The van der Waals surface area contributed by atoms with Gasteiger partial charge in [0.05, 0.1) is 35.0 Å². The van der Waals surface area contributed by atoms with Crippen molar-refractivity contribution in [3.05, 3.63) is 128 Å². The number of hydrogen-bond donors (Lipinski definition) is 1. The third-order valence-electron chi connectivity index (χ3n) is 6.20. The Bertz CT molecular complexity index is 1760. The Hall–Kier alpha value is -5.09. The molecule has 0 bridgehead atoms. The lowest BCUT2D eigenvalue weighted by Gasteiger charge is -2.14. The van der Waals surface area contributed by atoms with Gasteiger partial charge in [-0.1, -0.05) is 64.5 Å². The number of amides is 1. The number of fused-ring (bicyclic) bond motifs is 1. The van der Waals surface area contributed by atoms with E-state index in [0.717, 1.165) is 15.6 Å². The van der Waals surface area contributed by atoms with Gasteiger partial charge in [-0.3, -0.25) is 14.9 Å². The van der Waals surface area contributed by atoms with Crippen molar-refractivity contribution in [2.24, 2.45) is 5.10 Å². The van der Waals surface area contributed by atoms with Gasteiger partial charge >= 0.3 is 0 Å². The molecule has 0 spiro atoms. The van der Waals surface area contributed by atoms with Gasteiger partial charge in [0, 0.05) is 33.1 Å². The number of nitro groups is 1. The van der Waals surface area contributed by atoms with Crippen LogP contribution in [0.3, 0.4) is 0 Å². The van der Waals surface area contributed by atoms with Gasteiger partial charge < -0.3 is 9.47 Å². The maximum absolute atomic E-state index is 13.3. The maximum atomic E-state index is 13.3. The summed E-state index contributed by atoms with van der Waals surface area (Å²) in [5.41, 5.74) is 6.60. The number of halogens is 1. The van der Waals surface area contributed by atoms with Crippen molar-refractivity contribution in [2.75, 3.05) is 7.11 Å². The number of aromatic nitrogens is 1. The fourth-order valence-corrected chi connectivity index (χ4v) is 4.66. The molecule has 41 heavy (non-hydrogen) atoms. The predicted octanol–water partition coefficient (Wildman–Crippen LogP) is 6.92. The highest BCUT2D eigenvalue weighted by Crippen LogP contribution is 2.35. The number of nitrogens with zero attached hydrogens (tertiary/aromatic N) is 3. The number of nitro benzene ring substituents is 1. The second kappa shape index (κ2) is 12.4. The van der Waals surface area contributed by atoms with Crippen molar-refractivity contribution in [1.29, 1.82) is 0 Å². The van der Waals surface area contributed by atoms with Gasteiger partial charge in [-0.2, -0.15) is 5.10 Å². The van der Waals surface area contributed by atoms with E-state index in [4.69, 9.17) is 14.5 Å². The molecular weight excluding hydrogens is 588 g/mol. The van der Waals surface area contributed by atoms with Crippen LogP contribution in [0.4, 0.5) is 5.69 Å². The number of rotatable bonds is 9. The third-order valence-corrected chi connectivity index (χ3v) is 6.66. The van der Waals surface area contributed by atoms with Crippen LogP contribution in [0.15, 0.2) is 107 Å². The molecule has 5 rings (SSSR count). The lowest BCUT2D eigenvalue weighted by atomic mass is 10.0. The molecule has 0 unspecified atom stereocenters. The predicted molar refractivity (Wildman–Crippen MR) is 160 cm³/mol. The number of carbonyl (C=O) groups is 1. The topological polar surface area (TPSA) is 116 Å². The molecule has 0 aliphatic carbocycles. The zero-order valence-corrected chi connectivity index (χ0v) is 23.4. The molecule has 1 heterocycles. The normalized spacial score (nSPS) is 11.0. The Labute approximate surface area is 243 Å². The van der Waals surface area contributed by atoms with Crippen molar-refractivity contribution >= 4 is 44.6 Å². The molecule has 4 aromatic carbocycles. The van der Waals surface area contributed by atoms with Gasteiger partial charge in [-0.15, -0.1) is 0 Å². The largest absolute Gasteiger partial charge is 0.493 e. The van der Waals surface area contributed by atoms with Crippen molar-refractivity contribution in [1.82, 2.24) is 10.4 Å². The van der Waals surface area contributed by atoms with Gasteiger partial charge in [0.2, 0.25) is 0 Å². The molecule has 1 amide bonds. The number of non-ortho nitro benzene ring substituents is 1. The van der Waals surface area contributed by atoms with E-state index in [0.29, 0.717) is 39.2 Å². The van der Waals surface area contributed by atoms with Crippen LogP contribution in [-0.4, -0.2) is 29.1 Å². The Kier molecular flexibility index (Phi) is 8.31. The number of hydrogen-bond acceptors (Lipinski definition) is 7. The highest BCUT2D eigenvalue weighted by atomic mass is 79.9. The van der Waals surface area contributed by atoms with Crippen molar-refractivity contribution in [2.45, 2.75) is 6.61 Å². The molecule has 0 radical (unpaired) electrons. The summed E-state index contributed by atoms with van der Waals surface area (Å²) in [6.45, 7) is 0.133. The Morgan fingerprint density at radius 2 is 1.76 bits per heavy atom. The molecule has 0 saturated carbocycles. The summed E-state index contributed by atoms with van der Waals surface area (Å²) in [6.07, 6.45) is 1.47. The molecule has 5 aromatic rings. The molecule has 0 atom stereocenters. The maximum Gasteiger partial charge on any atom is 0.272 e. The highest BCUT2D eigenvalue weighted by Gasteiger charge is 2.15. The molecule has 1 N–H and O–H groups in total. The van der Waals surface area contributed by atoms with E-state index >= 15 is 0 Å². The second-order valence-corrected chi connectivity index (χ2v) is 9.79. The van der Waals surface area contributed by atoms with Crippen LogP contribution in [-0.2, 0) is 6.61 Å². The van der Waals surface area contributed by atoms with Crippen molar-refractivity contribution < 1.29 is 19.2 Å². The van der Waals surface area contributed by atoms with E-state index in [-0.39, 0.29) is 12.3 Å². The first kappa shape index (κ1) is 27.5. The third kappa shape index (κ3) is 6.39. The van der Waals surface area contributed by atoms with Gasteiger partial charge in [0.25, 0.3) is 11.6 Å². The molecule has 0 aliphatic rings. The van der Waals surface area contributed by atoms with Gasteiger partial charge in [0.15, 0.2) is 11.5 Å². The molecule has 0 saturated heterocycles. The monoisotopic (exact) mass is 610 g/mol. The van der Waals surface area contributed by atoms with Gasteiger partial charge in [-0.05, 0) is 42.0 Å². The first-order chi connectivity index (χ1) is 19.9. The Balaban J connectivity index is 1.40. The van der Waals surface area contributed by atoms with Crippen LogP contribution in [0.2, 0.25) is 0 Å². The molecular formula is C31H23BrN4O5. The summed E-state index contributed by atoms with van der Waals surface area (Å²) < 4.78 is 12.3. The minimum atomic E-state index is -0.456. The molecule has 1 aromatic heterocycles. The standard InChI is InChI=1S/C31H23BrN4O5/c1-40-29-16-23(32)15-22(30(29)41-19-20-11-13-24(14-12-20)36(38)39)18-33-35-31(37)26-17-28(21-7-3-2-4-8-21)34-27-10-6-5-9-25(26)27/h2-18H,19H2,1H3,(H,35,37)/b33-18-. The van der Waals surface area contributed by atoms with Crippen LogP contribution in [0.25, 0.3) is 22.2 Å². The number of para-hydroxylation sites is 1. The van der Waals surface area contributed by atoms with E-state index in [9.17, 15) is 14.9 Å². The van der Waals surface area contributed by atoms with Crippen LogP contribution in [0.5, 0.6) is 11.5 Å². The lowest BCUT2D eigenvalue weighted by molar-refractivity contribution is -0.384. The number of ether oxygens (including phenoxy) is 2. The second-order valence-electron chi connectivity index (χ2n) is 8.88. The van der Waals surface area contributed by atoms with Gasteiger partial charge in [0.1, 0.15) is 6.61 Å². The molecule has 9 nitrogen and oxygen atoms in total. The highest BCUT2D eigenvalue weighted by molar-refractivity contribution is 9.10. The van der Waals surface area contributed by atoms with Crippen LogP contribution < -0.4 is 14.9 Å². The average Bonchev–Trinajstić information content (AvgIpc) is 3.00.